The highest BCUT2D eigenvalue weighted by atomic mass is 32.1. The fraction of sp³-hybridized carbons (Fsp3) is 0.125. The predicted molar refractivity (Wildman–Crippen MR) is 95.2 cm³/mol. The first-order chi connectivity index (χ1) is 11.7. The van der Waals surface area contributed by atoms with E-state index >= 15 is 0 Å². The molecule has 2 amide bonds. The minimum Gasteiger partial charge on any atom is -0.351 e. The monoisotopic (exact) mass is 358 g/mol. The molecule has 3 rings (SSSR count). The molecule has 1 aromatic carbocycles. The van der Waals surface area contributed by atoms with Crippen LogP contribution in [-0.4, -0.2) is 27.9 Å². The number of hydrogen-bond donors (Lipinski definition) is 2. The standard InChI is InChI=1S/C16H14N4O2S2/c21-15(5-7-17-16(22)12-6-8-23-9-12)18-13-3-1-11(2-4-13)14-10-24-20-19-14/h1-4,6,8-10H,5,7H2,(H,17,22)(H,18,21). The van der Waals surface area contributed by atoms with Gasteiger partial charge < -0.3 is 10.6 Å². The number of aromatic nitrogens is 2. The smallest absolute Gasteiger partial charge is 0.252 e. The highest BCUT2D eigenvalue weighted by molar-refractivity contribution is 7.08. The summed E-state index contributed by atoms with van der Waals surface area (Å²) in [5.41, 5.74) is 3.09. The van der Waals surface area contributed by atoms with E-state index in [0.717, 1.165) is 11.3 Å². The van der Waals surface area contributed by atoms with E-state index in [1.807, 2.05) is 35.0 Å². The fourth-order valence-corrected chi connectivity index (χ4v) is 3.12. The Bertz CT molecular complexity index is 799. The molecule has 0 aliphatic heterocycles. The lowest BCUT2D eigenvalue weighted by Crippen LogP contribution is -2.27. The average Bonchev–Trinajstić information content (AvgIpc) is 3.29. The van der Waals surface area contributed by atoms with E-state index in [9.17, 15) is 9.59 Å². The molecular weight excluding hydrogens is 344 g/mol. The molecule has 0 saturated carbocycles. The first kappa shape index (κ1) is 16.3. The van der Waals surface area contributed by atoms with Crippen molar-refractivity contribution in [3.63, 3.8) is 0 Å². The van der Waals surface area contributed by atoms with Crippen molar-refractivity contribution in [1.29, 1.82) is 0 Å². The zero-order valence-electron chi connectivity index (χ0n) is 12.6. The van der Waals surface area contributed by atoms with Crippen LogP contribution in [0.3, 0.4) is 0 Å². The van der Waals surface area contributed by atoms with E-state index in [0.29, 0.717) is 17.8 Å². The Morgan fingerprint density at radius 1 is 1.08 bits per heavy atom. The van der Waals surface area contributed by atoms with E-state index in [2.05, 4.69) is 20.2 Å². The van der Waals surface area contributed by atoms with Crippen LogP contribution >= 0.6 is 22.9 Å². The third kappa shape index (κ3) is 4.24. The highest BCUT2D eigenvalue weighted by Crippen LogP contribution is 2.20. The quantitative estimate of drug-likeness (QED) is 0.709. The van der Waals surface area contributed by atoms with E-state index < -0.39 is 0 Å². The summed E-state index contributed by atoms with van der Waals surface area (Å²) >= 11 is 2.76. The molecule has 2 aromatic heterocycles. The van der Waals surface area contributed by atoms with Gasteiger partial charge in [-0.25, -0.2) is 0 Å². The number of nitrogens with zero attached hydrogens (tertiary/aromatic N) is 2. The highest BCUT2D eigenvalue weighted by Gasteiger charge is 2.07. The Morgan fingerprint density at radius 3 is 2.58 bits per heavy atom. The van der Waals surface area contributed by atoms with Crippen LogP contribution in [0.5, 0.6) is 0 Å². The molecule has 0 aliphatic rings. The minimum atomic E-state index is -0.162. The number of anilines is 1. The zero-order valence-corrected chi connectivity index (χ0v) is 14.2. The number of thiophene rings is 1. The van der Waals surface area contributed by atoms with Crippen LogP contribution in [-0.2, 0) is 4.79 Å². The molecule has 3 aromatic rings. The number of hydrogen-bond acceptors (Lipinski definition) is 6. The Hall–Kier alpha value is -2.58. The van der Waals surface area contributed by atoms with Gasteiger partial charge in [-0.2, -0.15) is 11.3 Å². The van der Waals surface area contributed by atoms with Crippen LogP contribution in [0.2, 0.25) is 0 Å². The zero-order chi connectivity index (χ0) is 16.8. The van der Waals surface area contributed by atoms with Crippen molar-refractivity contribution >= 4 is 40.4 Å². The Labute approximate surface area is 146 Å². The molecular formula is C16H14N4O2S2. The summed E-state index contributed by atoms with van der Waals surface area (Å²) < 4.78 is 3.82. The number of nitrogens with one attached hydrogen (secondary N) is 2. The number of rotatable bonds is 6. The van der Waals surface area contributed by atoms with Crippen molar-refractivity contribution in [3.05, 3.63) is 52.0 Å². The maximum Gasteiger partial charge on any atom is 0.252 e. The second kappa shape index (κ2) is 7.80. The summed E-state index contributed by atoms with van der Waals surface area (Å²) in [4.78, 5) is 23.7. The summed E-state index contributed by atoms with van der Waals surface area (Å²) in [6, 6.07) is 9.14. The van der Waals surface area contributed by atoms with Crippen molar-refractivity contribution in [2.24, 2.45) is 0 Å². The van der Waals surface area contributed by atoms with Crippen molar-refractivity contribution in [3.8, 4) is 11.3 Å². The van der Waals surface area contributed by atoms with Crippen LogP contribution in [0.15, 0.2) is 46.5 Å². The molecule has 0 atom stereocenters. The lowest BCUT2D eigenvalue weighted by molar-refractivity contribution is -0.116. The summed E-state index contributed by atoms with van der Waals surface area (Å²) in [7, 11) is 0. The van der Waals surface area contributed by atoms with Gasteiger partial charge in [0.05, 0.1) is 0 Å². The molecule has 0 fully saturated rings. The van der Waals surface area contributed by atoms with Crippen LogP contribution in [0.1, 0.15) is 16.8 Å². The SMILES string of the molecule is O=C(CCNC(=O)c1ccsc1)Nc1ccc(-c2csnn2)cc1. The van der Waals surface area contributed by atoms with Gasteiger partial charge in [0.1, 0.15) is 5.69 Å². The molecule has 0 radical (unpaired) electrons. The molecule has 0 spiro atoms. The minimum absolute atomic E-state index is 0.149. The molecule has 2 N–H and O–H groups in total. The van der Waals surface area contributed by atoms with E-state index in [4.69, 9.17) is 0 Å². The molecule has 122 valence electrons. The molecule has 8 heteroatoms. The number of amides is 2. The van der Waals surface area contributed by atoms with E-state index in [-0.39, 0.29) is 18.2 Å². The van der Waals surface area contributed by atoms with Crippen molar-refractivity contribution < 1.29 is 9.59 Å². The van der Waals surface area contributed by atoms with Crippen LogP contribution in [0.4, 0.5) is 5.69 Å². The summed E-state index contributed by atoms with van der Waals surface area (Å²) in [6.07, 6.45) is 0.216. The van der Waals surface area contributed by atoms with Crippen molar-refractivity contribution in [2.45, 2.75) is 6.42 Å². The lowest BCUT2D eigenvalue weighted by Gasteiger charge is -2.07. The fourth-order valence-electron chi connectivity index (χ4n) is 2.02. The molecule has 0 aliphatic carbocycles. The maximum atomic E-state index is 11.9. The lowest BCUT2D eigenvalue weighted by atomic mass is 10.1. The third-order valence-corrected chi connectivity index (χ3v) is 4.43. The van der Waals surface area contributed by atoms with Gasteiger partial charge in [-0.05, 0) is 35.1 Å². The molecule has 6 nitrogen and oxygen atoms in total. The van der Waals surface area contributed by atoms with Gasteiger partial charge >= 0.3 is 0 Å². The summed E-state index contributed by atoms with van der Waals surface area (Å²) in [5.74, 6) is -0.311. The summed E-state index contributed by atoms with van der Waals surface area (Å²) in [6.45, 7) is 0.295. The van der Waals surface area contributed by atoms with Gasteiger partial charge in [-0.15, -0.1) is 5.10 Å². The molecule has 24 heavy (non-hydrogen) atoms. The number of carbonyl (C=O) groups excluding carboxylic acids is 2. The Kier molecular flexibility index (Phi) is 5.29. The first-order valence-electron chi connectivity index (χ1n) is 7.20. The number of benzene rings is 1. The maximum absolute atomic E-state index is 11.9. The van der Waals surface area contributed by atoms with Crippen molar-refractivity contribution in [2.75, 3.05) is 11.9 Å². The van der Waals surface area contributed by atoms with Gasteiger partial charge in [0, 0.05) is 40.5 Å². The van der Waals surface area contributed by atoms with Gasteiger partial charge in [0.15, 0.2) is 0 Å². The molecule has 0 saturated heterocycles. The average molecular weight is 358 g/mol. The van der Waals surface area contributed by atoms with Crippen LogP contribution in [0.25, 0.3) is 11.3 Å². The van der Waals surface area contributed by atoms with Gasteiger partial charge in [-0.1, -0.05) is 16.6 Å². The van der Waals surface area contributed by atoms with E-state index in [1.54, 1.807) is 11.4 Å². The van der Waals surface area contributed by atoms with E-state index in [1.165, 1.54) is 22.9 Å². The molecule has 0 bridgehead atoms. The van der Waals surface area contributed by atoms with Gasteiger partial charge in [0.2, 0.25) is 5.91 Å². The summed E-state index contributed by atoms with van der Waals surface area (Å²) in [5, 5.41) is 15.0. The normalized spacial score (nSPS) is 10.3. The number of carbonyl (C=O) groups is 2. The third-order valence-electron chi connectivity index (χ3n) is 3.25. The first-order valence-corrected chi connectivity index (χ1v) is 8.98. The topological polar surface area (TPSA) is 84.0 Å². The molecule has 2 heterocycles. The van der Waals surface area contributed by atoms with Gasteiger partial charge in [0.25, 0.3) is 5.91 Å². The molecule has 0 unspecified atom stereocenters. The Morgan fingerprint density at radius 2 is 1.92 bits per heavy atom. The second-order valence-electron chi connectivity index (χ2n) is 4.93. The van der Waals surface area contributed by atoms with Crippen molar-refractivity contribution in [1.82, 2.24) is 14.9 Å². The second-order valence-corrected chi connectivity index (χ2v) is 6.32. The largest absolute Gasteiger partial charge is 0.351 e. The van der Waals surface area contributed by atoms with Crippen LogP contribution in [0, 0.1) is 0 Å². The van der Waals surface area contributed by atoms with Gasteiger partial charge in [-0.3, -0.25) is 9.59 Å². The Balaban J connectivity index is 1.46. The predicted octanol–water partition coefficient (Wildman–Crippen LogP) is 3.03. The van der Waals surface area contributed by atoms with Crippen LogP contribution < -0.4 is 10.6 Å².